The van der Waals surface area contributed by atoms with E-state index in [1.165, 1.54) is 17.6 Å². The highest BCUT2D eigenvalue weighted by atomic mass is 16.6. The number of hydrogen-bond donors (Lipinski definition) is 1. The standard InChI is InChI=1S/C45H57N3O4/c1-4-8-33-14-16-38-44-18-17-31(34-21-27(3)20-30-13-15-36-32-22-28(24-47(33)26-32)25-48(36)40(30)34)23-43(44,42(50)51-38)37(9-5-2)45(44)35-12-6-10-29(11-7-19-46)39(35)41(49)52-45/h6,10,12-13,15-16,23,27-28,32-34,36-37H,4-5,7-9,11,14,17-22,24-26,46H2,1-3H3/b38-16+/t27-,28+,32-,33+,34-,36+,37+,43+,44-,45-/m1/s1. The van der Waals surface area contributed by atoms with Crippen LogP contribution >= 0.6 is 0 Å². The number of fused-ring (bicyclic) bond motifs is 2. The molecule has 13 rings (SSSR count). The predicted molar refractivity (Wildman–Crippen MR) is 201 cm³/mol. The van der Waals surface area contributed by atoms with Crippen LogP contribution in [0, 0.1) is 40.4 Å². The van der Waals surface area contributed by atoms with E-state index in [0.717, 1.165) is 107 Å². The van der Waals surface area contributed by atoms with Gasteiger partial charge in [0.2, 0.25) is 0 Å². The average molecular weight is 704 g/mol. The summed E-state index contributed by atoms with van der Waals surface area (Å²) >= 11 is 0. The van der Waals surface area contributed by atoms with E-state index in [4.69, 9.17) is 15.2 Å². The summed E-state index contributed by atoms with van der Waals surface area (Å²) in [6, 6.07) is 7.14. The Kier molecular flexibility index (Phi) is 7.66. The van der Waals surface area contributed by atoms with Crippen molar-refractivity contribution in [2.24, 2.45) is 46.2 Å². The highest BCUT2D eigenvalue weighted by molar-refractivity contribution is 5.99. The average Bonchev–Trinajstić information content (AvgIpc) is 3.58. The zero-order chi connectivity index (χ0) is 35.6. The normalized spacial score (nSPS) is 43.0. The summed E-state index contributed by atoms with van der Waals surface area (Å²) in [4.78, 5) is 35.0. The molecule has 7 nitrogen and oxygen atoms in total. The first kappa shape index (κ1) is 33.4. The molecule has 0 amide bonds. The van der Waals surface area contributed by atoms with Crippen LogP contribution in [0.25, 0.3) is 0 Å². The maximum atomic E-state index is 15.0. The minimum absolute atomic E-state index is 0.121. The number of aryl methyl sites for hydroxylation is 1. The van der Waals surface area contributed by atoms with Crippen LogP contribution in [0.1, 0.15) is 113 Å². The lowest BCUT2D eigenvalue weighted by Gasteiger charge is -2.69. The lowest BCUT2D eigenvalue weighted by molar-refractivity contribution is -0.271. The molecule has 7 heteroatoms. The van der Waals surface area contributed by atoms with Gasteiger partial charge < -0.3 is 20.1 Å². The van der Waals surface area contributed by atoms with Crippen LogP contribution in [0.3, 0.4) is 0 Å². The Bertz CT molecular complexity index is 1840. The van der Waals surface area contributed by atoms with Crippen LogP contribution in [-0.4, -0.2) is 60.0 Å². The molecule has 9 aliphatic heterocycles. The van der Waals surface area contributed by atoms with Gasteiger partial charge in [0.25, 0.3) is 0 Å². The number of benzene rings is 1. The quantitative estimate of drug-likeness (QED) is 0.232. The molecule has 3 saturated heterocycles. The second kappa shape index (κ2) is 11.9. The van der Waals surface area contributed by atoms with Crippen molar-refractivity contribution in [1.82, 2.24) is 9.80 Å². The molecule has 2 spiro atoms. The van der Waals surface area contributed by atoms with Gasteiger partial charge in [0.1, 0.15) is 11.2 Å². The third-order valence-electron chi connectivity index (χ3n) is 15.5. The number of esters is 2. The van der Waals surface area contributed by atoms with Gasteiger partial charge in [-0.3, -0.25) is 9.69 Å². The summed E-state index contributed by atoms with van der Waals surface area (Å²) < 4.78 is 13.7. The molecule has 1 aromatic rings. The third kappa shape index (κ3) is 4.11. The molecule has 10 bridgehead atoms. The molecule has 9 heterocycles. The summed E-state index contributed by atoms with van der Waals surface area (Å²) in [7, 11) is 0. The largest absolute Gasteiger partial charge is 0.449 e. The van der Waals surface area contributed by atoms with Gasteiger partial charge >= 0.3 is 11.9 Å². The van der Waals surface area contributed by atoms with Crippen molar-refractivity contribution < 1.29 is 19.1 Å². The summed E-state index contributed by atoms with van der Waals surface area (Å²) in [5.74, 6) is 2.40. The zero-order valence-electron chi connectivity index (χ0n) is 31.5. The van der Waals surface area contributed by atoms with E-state index < -0.39 is 16.4 Å². The van der Waals surface area contributed by atoms with Crippen LogP contribution in [0.2, 0.25) is 0 Å². The molecule has 4 fully saturated rings. The van der Waals surface area contributed by atoms with E-state index in [1.807, 2.05) is 0 Å². The number of piperidine rings is 2. The van der Waals surface area contributed by atoms with Gasteiger partial charge in [-0.15, -0.1) is 0 Å². The van der Waals surface area contributed by atoms with Crippen molar-refractivity contribution in [3.63, 3.8) is 0 Å². The predicted octanol–water partition coefficient (Wildman–Crippen LogP) is 7.57. The second-order valence-corrected chi connectivity index (χ2v) is 18.2. The molecule has 276 valence electrons. The van der Waals surface area contributed by atoms with Crippen LogP contribution in [0.4, 0.5) is 0 Å². The van der Waals surface area contributed by atoms with Crippen molar-refractivity contribution in [2.45, 2.75) is 116 Å². The van der Waals surface area contributed by atoms with E-state index >= 15 is 4.79 Å². The molecular formula is C45H57N3O4. The van der Waals surface area contributed by atoms with E-state index in [2.05, 4.69) is 73.1 Å². The van der Waals surface area contributed by atoms with Crippen LogP contribution < -0.4 is 5.73 Å². The molecule has 1 aromatic carbocycles. The van der Waals surface area contributed by atoms with Crippen molar-refractivity contribution in [3.8, 4) is 0 Å². The first-order valence-corrected chi connectivity index (χ1v) is 20.9. The maximum absolute atomic E-state index is 15.0. The first-order chi connectivity index (χ1) is 25.3. The minimum atomic E-state index is -0.938. The fraction of sp³-hybridized carbons (Fsp3) is 0.644. The number of rotatable bonds is 7. The smallest absolute Gasteiger partial charge is 0.339 e. The van der Waals surface area contributed by atoms with Gasteiger partial charge in [-0.1, -0.05) is 75.6 Å². The fourth-order valence-electron chi connectivity index (χ4n) is 13.8. The fourth-order valence-corrected chi connectivity index (χ4v) is 13.8. The van der Waals surface area contributed by atoms with E-state index in [1.54, 1.807) is 5.70 Å². The molecule has 0 radical (unpaired) electrons. The topological polar surface area (TPSA) is 85.1 Å². The Morgan fingerprint density at radius 2 is 1.92 bits per heavy atom. The number of carbonyl (C=O) groups excluding carboxylic acids is 2. The van der Waals surface area contributed by atoms with E-state index in [-0.39, 0.29) is 17.9 Å². The molecule has 0 aromatic heterocycles. The van der Waals surface area contributed by atoms with Crippen LogP contribution in [0.15, 0.2) is 65.1 Å². The molecular weight excluding hydrogens is 647 g/mol. The Morgan fingerprint density at radius 3 is 2.75 bits per heavy atom. The number of nitrogens with two attached hydrogens (primary N) is 1. The number of nitrogens with zero attached hydrogens (tertiary/aromatic N) is 2. The van der Waals surface area contributed by atoms with Gasteiger partial charge in [0.15, 0.2) is 5.60 Å². The van der Waals surface area contributed by atoms with Gasteiger partial charge in [-0.25, -0.2) is 4.79 Å². The Labute approximate surface area is 309 Å². The lowest BCUT2D eigenvalue weighted by atomic mass is 9.31. The molecule has 12 aliphatic rings. The molecule has 2 N–H and O–H groups in total. The van der Waals surface area contributed by atoms with Gasteiger partial charge in [0, 0.05) is 48.8 Å². The Balaban J connectivity index is 1.21. The highest BCUT2D eigenvalue weighted by Crippen LogP contribution is 2.84. The maximum Gasteiger partial charge on any atom is 0.339 e. The molecule has 52 heavy (non-hydrogen) atoms. The number of carbonyl (C=O) groups is 2. The Hall–Kier alpha value is -3.16. The summed E-state index contributed by atoms with van der Waals surface area (Å²) in [5.41, 5.74) is 10.6. The second-order valence-electron chi connectivity index (χ2n) is 18.2. The van der Waals surface area contributed by atoms with E-state index in [9.17, 15) is 4.79 Å². The molecule has 1 unspecified atom stereocenters. The number of hydrogen-bond acceptors (Lipinski definition) is 7. The summed E-state index contributed by atoms with van der Waals surface area (Å²) in [6.07, 6.45) is 21.3. The Morgan fingerprint density at radius 1 is 1.06 bits per heavy atom. The number of ether oxygens (including phenoxy) is 2. The number of allylic oxidation sites excluding steroid dienone is 3. The lowest BCUT2D eigenvalue weighted by Crippen LogP contribution is -2.75. The van der Waals surface area contributed by atoms with Gasteiger partial charge in [0.05, 0.1) is 17.0 Å². The summed E-state index contributed by atoms with van der Waals surface area (Å²) in [5, 5.41) is 0. The van der Waals surface area contributed by atoms with Crippen molar-refractivity contribution in [1.29, 1.82) is 0 Å². The molecule has 1 saturated carbocycles. The molecule has 3 aliphatic carbocycles. The van der Waals surface area contributed by atoms with Crippen LogP contribution in [0.5, 0.6) is 0 Å². The van der Waals surface area contributed by atoms with Crippen molar-refractivity contribution >= 4 is 11.9 Å². The highest BCUT2D eigenvalue weighted by Gasteiger charge is 2.91. The molecule has 11 atom stereocenters. The monoisotopic (exact) mass is 703 g/mol. The van der Waals surface area contributed by atoms with Gasteiger partial charge in [-0.2, -0.15) is 0 Å². The van der Waals surface area contributed by atoms with Gasteiger partial charge in [-0.05, 0) is 106 Å². The van der Waals surface area contributed by atoms with Crippen LogP contribution in [-0.2, 0) is 26.3 Å². The summed E-state index contributed by atoms with van der Waals surface area (Å²) in [6.45, 7) is 10.9. The zero-order valence-corrected chi connectivity index (χ0v) is 31.5. The first-order valence-electron chi connectivity index (χ1n) is 20.9. The minimum Gasteiger partial charge on any atom is -0.449 e. The van der Waals surface area contributed by atoms with Crippen molar-refractivity contribution in [2.75, 3.05) is 26.2 Å². The van der Waals surface area contributed by atoms with Crippen molar-refractivity contribution in [3.05, 3.63) is 81.8 Å². The SMILES string of the molecule is CCC[C@H]1C/C=C2/OC(=O)[C@@]34C=C(CC[C@@]23[C@]2(OC(=O)c3c(CCCN)cccc32)[C@H]4CCC)[C@H]2C[C@H](C)CC3=C2N2C[C@H]4C[C@H](CN1C4)[C@@H]2C=C3. The van der Waals surface area contributed by atoms with E-state index in [0.29, 0.717) is 47.9 Å². The third-order valence-corrected chi connectivity index (χ3v) is 15.5.